The minimum atomic E-state index is -1.40. The Morgan fingerprint density at radius 1 is 1.16 bits per heavy atom. The normalized spacial score (nSPS) is 18.1. The number of pyridine rings is 2. The quantitative estimate of drug-likeness (QED) is 0.500. The van der Waals surface area contributed by atoms with Gasteiger partial charge in [-0.3, -0.25) is 13.8 Å². The lowest BCUT2D eigenvalue weighted by Crippen LogP contribution is -2.38. The average Bonchev–Trinajstić information content (AvgIpc) is 3.19. The molecule has 4 heterocycles. The number of nitrogens with one attached hydrogen (secondary N) is 1. The Kier molecular flexibility index (Phi) is 4.70. The minimum absolute atomic E-state index is 0.0271. The third kappa shape index (κ3) is 3.13. The molecule has 32 heavy (non-hydrogen) atoms. The largest absolute Gasteiger partial charge is 0.334 e. The highest BCUT2D eigenvalue weighted by atomic mass is 32.2. The van der Waals surface area contributed by atoms with E-state index in [0.717, 1.165) is 12.1 Å². The first-order valence-corrected chi connectivity index (χ1v) is 11.2. The number of benzene rings is 1. The molecule has 0 radical (unpaired) electrons. The predicted octanol–water partition coefficient (Wildman–Crippen LogP) is 3.27. The molecule has 2 atom stereocenters. The molecule has 0 saturated heterocycles. The van der Waals surface area contributed by atoms with E-state index < -0.39 is 45.8 Å². The minimum Gasteiger partial charge on any atom is -0.334 e. The Hall–Kier alpha value is -3.40. The first-order chi connectivity index (χ1) is 15.2. The van der Waals surface area contributed by atoms with Crippen molar-refractivity contribution in [3.05, 3.63) is 87.4 Å². The van der Waals surface area contributed by atoms with Gasteiger partial charge in [0.2, 0.25) is 0 Å². The van der Waals surface area contributed by atoms with Crippen LogP contribution in [0.25, 0.3) is 16.3 Å². The first kappa shape index (κ1) is 20.5. The summed E-state index contributed by atoms with van der Waals surface area (Å²) in [5, 5.41) is 0.106. The maximum atomic E-state index is 14.1. The van der Waals surface area contributed by atoms with E-state index in [1.54, 1.807) is 6.20 Å². The van der Waals surface area contributed by atoms with E-state index >= 15 is 0 Å². The van der Waals surface area contributed by atoms with Gasteiger partial charge < -0.3 is 14.3 Å². The number of amides is 1. The van der Waals surface area contributed by atoms with Crippen LogP contribution in [0.5, 0.6) is 0 Å². The molecule has 164 valence electrons. The summed E-state index contributed by atoms with van der Waals surface area (Å²) >= 11 is 0. The number of H-pyrrole nitrogens is 1. The molecule has 5 rings (SSSR count). The second-order valence-corrected chi connectivity index (χ2v) is 9.22. The number of carbonyl (C=O) groups is 1. The molecular weight excluding hydrogens is 443 g/mol. The van der Waals surface area contributed by atoms with Crippen LogP contribution in [0.1, 0.15) is 27.7 Å². The van der Waals surface area contributed by atoms with Crippen LogP contribution >= 0.6 is 0 Å². The monoisotopic (exact) mass is 459 g/mol. The summed E-state index contributed by atoms with van der Waals surface area (Å²) in [5.74, 6) is -3.16. The van der Waals surface area contributed by atoms with E-state index in [4.69, 9.17) is 0 Å². The summed E-state index contributed by atoms with van der Waals surface area (Å²) in [6.45, 7) is 0. The van der Waals surface area contributed by atoms with Crippen molar-refractivity contribution in [2.45, 2.75) is 11.8 Å². The molecule has 1 N–H and O–H groups in total. The number of halogens is 3. The molecule has 0 aliphatic carbocycles. The lowest BCUT2D eigenvalue weighted by Gasteiger charge is -2.33. The van der Waals surface area contributed by atoms with Crippen molar-refractivity contribution in [1.29, 1.82) is 0 Å². The molecular formula is C22H16F3N3O3S. The van der Waals surface area contributed by atoms with Crippen molar-refractivity contribution < 1.29 is 22.2 Å². The fraction of sp³-hybridized carbons (Fsp3) is 0.182. The number of nitrogens with zero attached hydrogens (tertiary/aromatic N) is 2. The van der Waals surface area contributed by atoms with Crippen LogP contribution in [-0.4, -0.2) is 37.2 Å². The lowest BCUT2D eigenvalue weighted by molar-refractivity contribution is 0.0744. The van der Waals surface area contributed by atoms with E-state index in [9.17, 15) is 27.0 Å². The highest BCUT2D eigenvalue weighted by Gasteiger charge is 2.34. The Balaban J connectivity index is 1.65. The van der Waals surface area contributed by atoms with Gasteiger partial charge in [-0.15, -0.1) is 0 Å². The van der Waals surface area contributed by atoms with Crippen molar-refractivity contribution in [1.82, 2.24) is 14.3 Å². The van der Waals surface area contributed by atoms with Crippen molar-refractivity contribution >= 4 is 33.0 Å². The van der Waals surface area contributed by atoms with Gasteiger partial charge in [0.15, 0.2) is 11.6 Å². The molecule has 1 aliphatic heterocycles. The Labute approximate surface area is 181 Å². The zero-order chi connectivity index (χ0) is 22.7. The maximum absolute atomic E-state index is 14.1. The smallest absolute Gasteiger partial charge is 0.256 e. The molecule has 10 heteroatoms. The van der Waals surface area contributed by atoms with Crippen LogP contribution < -0.4 is 5.56 Å². The summed E-state index contributed by atoms with van der Waals surface area (Å²) in [6.07, 6.45) is 3.09. The van der Waals surface area contributed by atoms with Gasteiger partial charge in [0.05, 0.1) is 28.3 Å². The number of aromatic amines is 1. The van der Waals surface area contributed by atoms with E-state index in [-0.39, 0.29) is 33.4 Å². The summed E-state index contributed by atoms with van der Waals surface area (Å²) in [7, 11) is 0.0933. The van der Waals surface area contributed by atoms with Gasteiger partial charge in [0, 0.05) is 47.3 Å². The average molecular weight is 459 g/mol. The topological polar surface area (TPSA) is 74.7 Å². The molecule has 1 aliphatic rings. The number of aromatic nitrogens is 2. The molecule has 0 fully saturated rings. The Bertz CT molecular complexity index is 1510. The van der Waals surface area contributed by atoms with Gasteiger partial charge in [0.25, 0.3) is 11.5 Å². The summed E-state index contributed by atoms with van der Waals surface area (Å²) in [5.41, 5.74) is 0.545. The van der Waals surface area contributed by atoms with E-state index in [2.05, 4.69) is 4.98 Å². The fourth-order valence-corrected chi connectivity index (χ4v) is 5.64. The van der Waals surface area contributed by atoms with E-state index in [1.165, 1.54) is 40.7 Å². The highest BCUT2D eigenvalue weighted by Crippen LogP contribution is 2.35. The number of carbonyl (C=O) groups excluding carboxylic acids is 1. The SMILES string of the molecule is CN(C(=O)c1cc2c(F)cccn2c1)[C@@H]1C[S@](=O)Cc2[nH]c(=O)c3cc(F)c(F)cc3c21. The fourth-order valence-electron chi connectivity index (χ4n) is 4.23. The van der Waals surface area contributed by atoms with Gasteiger partial charge in [-0.2, -0.15) is 0 Å². The molecule has 0 saturated carbocycles. The Morgan fingerprint density at radius 2 is 1.88 bits per heavy atom. The highest BCUT2D eigenvalue weighted by molar-refractivity contribution is 7.84. The van der Waals surface area contributed by atoms with Crippen molar-refractivity contribution in [3.63, 3.8) is 0 Å². The van der Waals surface area contributed by atoms with E-state index in [0.29, 0.717) is 11.3 Å². The number of hydrogen-bond donors (Lipinski definition) is 1. The van der Waals surface area contributed by atoms with Gasteiger partial charge in [0.1, 0.15) is 5.82 Å². The predicted molar refractivity (Wildman–Crippen MR) is 113 cm³/mol. The van der Waals surface area contributed by atoms with Crippen LogP contribution in [0.15, 0.2) is 47.5 Å². The molecule has 1 amide bonds. The first-order valence-electron chi connectivity index (χ1n) is 9.66. The second kappa shape index (κ2) is 7.33. The molecule has 1 aromatic carbocycles. The van der Waals surface area contributed by atoms with Crippen molar-refractivity contribution in [2.24, 2.45) is 0 Å². The number of rotatable bonds is 2. The van der Waals surface area contributed by atoms with Crippen LogP contribution in [0.4, 0.5) is 13.2 Å². The van der Waals surface area contributed by atoms with Crippen molar-refractivity contribution in [2.75, 3.05) is 12.8 Å². The standard InChI is InChI=1S/C22H16F3N3O3S/c1-27(22(30)11-5-18-14(23)3-2-4-28(18)8-11)19-10-32(31)9-17-20(19)12-6-15(24)16(25)7-13(12)21(29)26-17/h2-8,19H,9-10H2,1H3,(H,26,29)/t19-,32-/m1/s1. The van der Waals surface area contributed by atoms with Gasteiger partial charge in [-0.25, -0.2) is 13.2 Å². The third-order valence-corrected chi connectivity index (χ3v) is 7.08. The van der Waals surface area contributed by atoms with Crippen molar-refractivity contribution in [3.8, 4) is 0 Å². The van der Waals surface area contributed by atoms with Crippen LogP contribution in [0.3, 0.4) is 0 Å². The zero-order valence-electron chi connectivity index (χ0n) is 16.7. The Morgan fingerprint density at radius 3 is 2.59 bits per heavy atom. The van der Waals surface area contributed by atoms with Gasteiger partial charge in [-0.1, -0.05) is 0 Å². The van der Waals surface area contributed by atoms with Crippen LogP contribution in [-0.2, 0) is 16.6 Å². The molecule has 6 nitrogen and oxygen atoms in total. The van der Waals surface area contributed by atoms with Crippen LogP contribution in [0.2, 0.25) is 0 Å². The second-order valence-electron chi connectivity index (χ2n) is 7.72. The number of fused-ring (bicyclic) bond motifs is 4. The van der Waals surface area contributed by atoms with Crippen LogP contribution in [0, 0.1) is 17.5 Å². The van der Waals surface area contributed by atoms with Gasteiger partial charge >= 0.3 is 0 Å². The molecule has 0 bridgehead atoms. The van der Waals surface area contributed by atoms with E-state index in [1.807, 2.05) is 0 Å². The molecule has 0 unspecified atom stereocenters. The lowest BCUT2D eigenvalue weighted by atomic mass is 9.97. The maximum Gasteiger partial charge on any atom is 0.256 e. The summed E-state index contributed by atoms with van der Waals surface area (Å²) in [4.78, 5) is 29.6. The summed E-state index contributed by atoms with van der Waals surface area (Å²) in [6, 6.07) is 5.18. The third-order valence-electron chi connectivity index (χ3n) is 5.78. The molecule has 4 aromatic rings. The zero-order valence-corrected chi connectivity index (χ0v) is 17.5. The molecule has 3 aromatic heterocycles. The number of hydrogen-bond acceptors (Lipinski definition) is 3. The molecule has 0 spiro atoms. The summed E-state index contributed by atoms with van der Waals surface area (Å²) < 4.78 is 55.9. The van der Waals surface area contributed by atoms with Gasteiger partial charge in [-0.05, 0) is 35.7 Å².